The van der Waals surface area contributed by atoms with Crippen LogP contribution in [0.3, 0.4) is 0 Å². The lowest BCUT2D eigenvalue weighted by Gasteiger charge is -2.30. The molecule has 0 bridgehead atoms. The Kier molecular flexibility index (Phi) is 4.40. The number of hydrogen-bond acceptors (Lipinski definition) is 3. The molecule has 2 aromatic carbocycles. The third-order valence-corrected chi connectivity index (χ3v) is 3.74. The van der Waals surface area contributed by atoms with Gasteiger partial charge in [-0.05, 0) is 37.2 Å². The van der Waals surface area contributed by atoms with Crippen molar-refractivity contribution in [2.75, 3.05) is 13.7 Å². The molecule has 1 unspecified atom stereocenters. The van der Waals surface area contributed by atoms with E-state index < -0.39 is 5.54 Å². The van der Waals surface area contributed by atoms with E-state index in [1.165, 1.54) is 5.39 Å². The molecule has 0 spiro atoms. The minimum atomic E-state index is -0.437. The van der Waals surface area contributed by atoms with E-state index in [2.05, 4.69) is 29.6 Å². The molecule has 0 saturated carbocycles. The van der Waals surface area contributed by atoms with Crippen LogP contribution in [0.5, 0.6) is 0 Å². The van der Waals surface area contributed by atoms with Crippen LogP contribution in [-0.2, 0) is 15.1 Å². The number of hydrogen-bond donors (Lipinski definition) is 1. The van der Waals surface area contributed by atoms with Crippen LogP contribution in [0.25, 0.3) is 10.8 Å². The zero-order valence-corrected chi connectivity index (χ0v) is 12.3. The van der Waals surface area contributed by atoms with E-state index in [1.807, 2.05) is 39.1 Å². The van der Waals surface area contributed by atoms with Gasteiger partial charge in [0.2, 0.25) is 0 Å². The zero-order valence-electron chi connectivity index (χ0n) is 12.3. The van der Waals surface area contributed by atoms with E-state index >= 15 is 0 Å². The second-order valence-corrected chi connectivity index (χ2v) is 5.09. The lowest BCUT2D eigenvalue weighted by Crippen LogP contribution is -2.39. The maximum atomic E-state index is 11.9. The maximum Gasteiger partial charge on any atom is 0.307 e. The molecule has 1 atom stereocenters. The zero-order chi connectivity index (χ0) is 14.6. The van der Waals surface area contributed by atoms with Gasteiger partial charge >= 0.3 is 5.97 Å². The van der Waals surface area contributed by atoms with Crippen LogP contribution in [0.2, 0.25) is 0 Å². The number of rotatable bonds is 5. The van der Waals surface area contributed by atoms with Crippen molar-refractivity contribution in [1.82, 2.24) is 5.32 Å². The molecule has 3 nitrogen and oxygen atoms in total. The van der Waals surface area contributed by atoms with Crippen LogP contribution < -0.4 is 5.32 Å². The first-order valence-electron chi connectivity index (χ1n) is 6.93. The smallest absolute Gasteiger partial charge is 0.307 e. The molecule has 1 N–H and O–H groups in total. The van der Waals surface area contributed by atoms with Gasteiger partial charge < -0.3 is 10.1 Å². The number of benzene rings is 2. The SMILES string of the molecule is CCOC(=O)CC(C)(NC)c1cccc2ccccc12. The predicted octanol–water partition coefficient (Wildman–Crippen LogP) is 3.23. The molecule has 20 heavy (non-hydrogen) atoms. The number of carbonyl (C=O) groups is 1. The number of nitrogens with one attached hydrogen (secondary N) is 1. The molecule has 2 rings (SSSR count). The molecular formula is C17H21NO2. The van der Waals surface area contributed by atoms with Crippen molar-refractivity contribution < 1.29 is 9.53 Å². The molecule has 3 heteroatoms. The summed E-state index contributed by atoms with van der Waals surface area (Å²) in [6, 6.07) is 14.4. The van der Waals surface area contributed by atoms with Crippen LogP contribution >= 0.6 is 0 Å². The van der Waals surface area contributed by atoms with E-state index in [0.29, 0.717) is 13.0 Å². The van der Waals surface area contributed by atoms with Gasteiger partial charge in [-0.3, -0.25) is 4.79 Å². The Morgan fingerprint density at radius 2 is 1.90 bits per heavy atom. The summed E-state index contributed by atoms with van der Waals surface area (Å²) >= 11 is 0. The molecular weight excluding hydrogens is 250 g/mol. The van der Waals surface area contributed by atoms with E-state index in [9.17, 15) is 4.79 Å². The van der Waals surface area contributed by atoms with E-state index in [-0.39, 0.29) is 5.97 Å². The highest BCUT2D eigenvalue weighted by Crippen LogP contribution is 2.31. The van der Waals surface area contributed by atoms with Crippen molar-refractivity contribution in [3.05, 3.63) is 48.0 Å². The van der Waals surface area contributed by atoms with Gasteiger partial charge in [0.15, 0.2) is 0 Å². The summed E-state index contributed by atoms with van der Waals surface area (Å²) < 4.78 is 5.09. The average molecular weight is 271 g/mol. The Hall–Kier alpha value is -1.87. The normalized spacial score (nSPS) is 13.9. The predicted molar refractivity (Wildman–Crippen MR) is 81.6 cm³/mol. The summed E-state index contributed by atoms with van der Waals surface area (Å²) in [6.45, 7) is 4.27. The minimum Gasteiger partial charge on any atom is -0.466 e. The fraction of sp³-hybridized carbons (Fsp3) is 0.353. The van der Waals surface area contributed by atoms with Gasteiger partial charge in [-0.1, -0.05) is 42.5 Å². The van der Waals surface area contributed by atoms with Gasteiger partial charge in [-0.25, -0.2) is 0 Å². The highest BCUT2D eigenvalue weighted by atomic mass is 16.5. The second kappa shape index (κ2) is 6.06. The first-order valence-corrected chi connectivity index (χ1v) is 6.93. The van der Waals surface area contributed by atoms with Crippen LogP contribution in [0.4, 0.5) is 0 Å². The van der Waals surface area contributed by atoms with Crippen LogP contribution in [0, 0.1) is 0 Å². The Morgan fingerprint density at radius 1 is 1.20 bits per heavy atom. The molecule has 106 valence electrons. The Bertz CT molecular complexity index is 603. The van der Waals surface area contributed by atoms with Crippen LogP contribution in [0.15, 0.2) is 42.5 Å². The molecule has 0 aromatic heterocycles. The first kappa shape index (κ1) is 14.5. The number of ether oxygens (including phenoxy) is 1. The standard InChI is InChI=1S/C17H21NO2/c1-4-20-16(19)12-17(2,18-3)15-11-7-9-13-8-5-6-10-14(13)15/h5-11,18H,4,12H2,1-3H3. The minimum absolute atomic E-state index is 0.183. The van der Waals surface area contributed by atoms with Gasteiger partial charge in [0.1, 0.15) is 0 Å². The molecule has 0 aliphatic carbocycles. The number of fused-ring (bicyclic) bond motifs is 1. The van der Waals surface area contributed by atoms with Gasteiger partial charge in [-0.2, -0.15) is 0 Å². The summed E-state index contributed by atoms with van der Waals surface area (Å²) in [4.78, 5) is 11.9. The van der Waals surface area contributed by atoms with Crippen molar-refractivity contribution in [3.8, 4) is 0 Å². The summed E-state index contributed by atoms with van der Waals surface area (Å²) in [6.07, 6.45) is 0.311. The highest BCUT2D eigenvalue weighted by molar-refractivity contribution is 5.87. The summed E-state index contributed by atoms with van der Waals surface area (Å²) in [7, 11) is 1.88. The molecule has 0 radical (unpaired) electrons. The summed E-state index contributed by atoms with van der Waals surface area (Å²) in [5, 5.41) is 5.61. The third-order valence-electron chi connectivity index (χ3n) is 3.74. The molecule has 0 amide bonds. The van der Waals surface area contributed by atoms with Gasteiger partial charge in [0.25, 0.3) is 0 Å². The van der Waals surface area contributed by atoms with Crippen LogP contribution in [-0.4, -0.2) is 19.6 Å². The number of esters is 1. The number of carbonyl (C=O) groups excluding carboxylic acids is 1. The Balaban J connectivity index is 2.45. The fourth-order valence-corrected chi connectivity index (χ4v) is 2.53. The highest BCUT2D eigenvalue weighted by Gasteiger charge is 2.29. The Labute approximate surface area is 119 Å². The second-order valence-electron chi connectivity index (χ2n) is 5.09. The molecule has 0 aliphatic rings. The van der Waals surface area contributed by atoms with Crippen molar-refractivity contribution in [1.29, 1.82) is 0 Å². The van der Waals surface area contributed by atoms with Crippen molar-refractivity contribution in [2.45, 2.75) is 25.8 Å². The first-order chi connectivity index (χ1) is 9.60. The quantitative estimate of drug-likeness (QED) is 0.848. The molecule has 0 heterocycles. The monoisotopic (exact) mass is 271 g/mol. The van der Waals surface area contributed by atoms with E-state index in [1.54, 1.807) is 0 Å². The third kappa shape index (κ3) is 2.83. The van der Waals surface area contributed by atoms with Crippen molar-refractivity contribution in [3.63, 3.8) is 0 Å². The molecule has 0 saturated heterocycles. The topological polar surface area (TPSA) is 38.3 Å². The lowest BCUT2D eigenvalue weighted by molar-refractivity contribution is -0.144. The van der Waals surface area contributed by atoms with Gasteiger partial charge in [0, 0.05) is 0 Å². The summed E-state index contributed by atoms with van der Waals surface area (Å²) in [5.74, 6) is -0.183. The van der Waals surface area contributed by atoms with Crippen LogP contribution in [0.1, 0.15) is 25.8 Å². The van der Waals surface area contributed by atoms with E-state index in [0.717, 1.165) is 10.9 Å². The van der Waals surface area contributed by atoms with Crippen molar-refractivity contribution >= 4 is 16.7 Å². The average Bonchev–Trinajstić information content (AvgIpc) is 2.46. The van der Waals surface area contributed by atoms with Gasteiger partial charge in [0.05, 0.1) is 18.6 Å². The molecule has 0 aliphatic heterocycles. The summed E-state index contributed by atoms with van der Waals surface area (Å²) in [5.41, 5.74) is 0.679. The lowest BCUT2D eigenvalue weighted by atomic mass is 9.85. The van der Waals surface area contributed by atoms with Crippen molar-refractivity contribution in [2.24, 2.45) is 0 Å². The molecule has 2 aromatic rings. The van der Waals surface area contributed by atoms with Gasteiger partial charge in [-0.15, -0.1) is 0 Å². The van der Waals surface area contributed by atoms with E-state index in [4.69, 9.17) is 4.74 Å². The fourth-order valence-electron chi connectivity index (χ4n) is 2.53. The maximum absolute atomic E-state index is 11.9. The largest absolute Gasteiger partial charge is 0.466 e. The Morgan fingerprint density at radius 3 is 2.60 bits per heavy atom. The molecule has 0 fully saturated rings.